The largest absolute Gasteiger partial charge is 0.490 e. The Bertz CT molecular complexity index is 397. The number of benzene rings is 1. The second-order valence-electron chi connectivity index (χ2n) is 4.70. The third kappa shape index (κ3) is 5.00. The average molecular weight is 281 g/mol. The quantitative estimate of drug-likeness (QED) is 0.704. The van der Waals surface area contributed by atoms with Crippen LogP contribution in [0.4, 0.5) is 0 Å². The first-order chi connectivity index (χ1) is 9.90. The Kier molecular flexibility index (Phi) is 6.63. The highest BCUT2D eigenvalue weighted by Crippen LogP contribution is 2.30. The van der Waals surface area contributed by atoms with Crippen LogP contribution in [-0.4, -0.2) is 44.7 Å². The fourth-order valence-electron chi connectivity index (χ4n) is 2.02. The van der Waals surface area contributed by atoms with E-state index < -0.39 is 0 Å². The molecule has 2 N–H and O–H groups in total. The number of aliphatic hydroxyl groups is 1. The zero-order valence-electron chi connectivity index (χ0n) is 11.8. The van der Waals surface area contributed by atoms with E-state index in [1.54, 1.807) is 0 Å². The van der Waals surface area contributed by atoms with Crippen molar-refractivity contribution in [2.24, 2.45) is 0 Å². The van der Waals surface area contributed by atoms with Crippen LogP contribution in [0.15, 0.2) is 18.2 Å². The van der Waals surface area contributed by atoms with E-state index in [1.165, 1.54) is 5.56 Å². The Morgan fingerprint density at radius 2 is 2.00 bits per heavy atom. The van der Waals surface area contributed by atoms with Gasteiger partial charge in [0.15, 0.2) is 11.5 Å². The van der Waals surface area contributed by atoms with Gasteiger partial charge in [-0.25, -0.2) is 0 Å². The number of nitrogens with one attached hydrogen (secondary N) is 1. The number of ether oxygens (including phenoxy) is 3. The van der Waals surface area contributed by atoms with Crippen molar-refractivity contribution in [3.05, 3.63) is 23.8 Å². The van der Waals surface area contributed by atoms with Gasteiger partial charge in [-0.2, -0.15) is 0 Å². The maximum atomic E-state index is 8.57. The predicted octanol–water partition coefficient (Wildman–Crippen LogP) is 1.34. The molecule has 0 amide bonds. The van der Waals surface area contributed by atoms with Crippen molar-refractivity contribution in [3.63, 3.8) is 0 Å². The maximum Gasteiger partial charge on any atom is 0.161 e. The summed E-state index contributed by atoms with van der Waals surface area (Å²) in [5.41, 5.74) is 1.19. The number of fused-ring (bicyclic) bond motifs is 1. The molecule has 0 fully saturated rings. The van der Waals surface area contributed by atoms with Gasteiger partial charge in [0.2, 0.25) is 0 Å². The molecule has 1 aliphatic rings. The Morgan fingerprint density at radius 1 is 1.15 bits per heavy atom. The van der Waals surface area contributed by atoms with Gasteiger partial charge in [0, 0.05) is 19.6 Å². The van der Waals surface area contributed by atoms with Crippen molar-refractivity contribution < 1.29 is 19.3 Å². The summed E-state index contributed by atoms with van der Waals surface area (Å²) in [5, 5.41) is 11.9. The summed E-state index contributed by atoms with van der Waals surface area (Å²) < 4.78 is 16.5. The first-order valence-electron chi connectivity index (χ1n) is 7.18. The van der Waals surface area contributed by atoms with Crippen molar-refractivity contribution >= 4 is 0 Å². The number of aliphatic hydroxyl groups excluding tert-OH is 1. The highest BCUT2D eigenvalue weighted by molar-refractivity contribution is 5.43. The molecule has 2 rings (SSSR count). The third-order valence-corrected chi connectivity index (χ3v) is 3.02. The first-order valence-corrected chi connectivity index (χ1v) is 7.18. The molecule has 5 heteroatoms. The molecule has 1 aliphatic heterocycles. The molecule has 1 heterocycles. The van der Waals surface area contributed by atoms with E-state index in [9.17, 15) is 0 Å². The lowest BCUT2D eigenvalue weighted by Crippen LogP contribution is -2.16. The second kappa shape index (κ2) is 8.79. The molecule has 0 saturated heterocycles. The summed E-state index contributed by atoms with van der Waals surface area (Å²) in [5.74, 6) is 1.68. The van der Waals surface area contributed by atoms with Gasteiger partial charge >= 0.3 is 0 Å². The monoisotopic (exact) mass is 281 g/mol. The molecule has 5 nitrogen and oxygen atoms in total. The third-order valence-electron chi connectivity index (χ3n) is 3.02. The van der Waals surface area contributed by atoms with Crippen molar-refractivity contribution in [3.8, 4) is 11.5 Å². The summed E-state index contributed by atoms with van der Waals surface area (Å²) in [6.07, 6.45) is 1.86. The normalized spacial score (nSPS) is 14.1. The Labute approximate surface area is 119 Å². The lowest BCUT2D eigenvalue weighted by Gasteiger charge is -2.10. The molecule has 0 aromatic heterocycles. The van der Waals surface area contributed by atoms with Crippen LogP contribution in [0.3, 0.4) is 0 Å². The van der Waals surface area contributed by atoms with Gasteiger partial charge in [-0.1, -0.05) is 6.07 Å². The number of hydrogen-bond donors (Lipinski definition) is 2. The molecule has 112 valence electrons. The van der Waals surface area contributed by atoms with E-state index in [1.807, 2.05) is 12.1 Å². The summed E-state index contributed by atoms with van der Waals surface area (Å²) >= 11 is 0. The molecular formula is C15H23NO4. The lowest BCUT2D eigenvalue weighted by molar-refractivity contribution is 0.0907. The van der Waals surface area contributed by atoms with Gasteiger partial charge < -0.3 is 24.6 Å². The van der Waals surface area contributed by atoms with Gasteiger partial charge in [-0.15, -0.1) is 0 Å². The number of rotatable bonds is 8. The minimum atomic E-state index is 0.0879. The first kappa shape index (κ1) is 15.1. The van der Waals surface area contributed by atoms with E-state index in [4.69, 9.17) is 19.3 Å². The van der Waals surface area contributed by atoms with E-state index in [-0.39, 0.29) is 6.61 Å². The number of hydrogen-bond acceptors (Lipinski definition) is 5. The Balaban J connectivity index is 1.69. The van der Waals surface area contributed by atoms with Crippen LogP contribution < -0.4 is 14.8 Å². The van der Waals surface area contributed by atoms with Crippen LogP contribution in [0.5, 0.6) is 11.5 Å². The van der Waals surface area contributed by atoms with Gasteiger partial charge in [0.05, 0.1) is 26.4 Å². The molecule has 1 aromatic rings. The molecule has 0 unspecified atom stereocenters. The molecule has 0 atom stereocenters. The molecule has 0 radical (unpaired) electrons. The van der Waals surface area contributed by atoms with Crippen LogP contribution in [0, 0.1) is 0 Å². The van der Waals surface area contributed by atoms with E-state index in [0.29, 0.717) is 19.8 Å². The van der Waals surface area contributed by atoms with Crippen LogP contribution in [0.2, 0.25) is 0 Å². The standard InChI is InChI=1S/C15H23NO4/c17-6-10-18-7-1-5-16-12-13-3-4-14-15(11-13)20-9-2-8-19-14/h3-4,11,16-17H,1-2,5-10,12H2. The summed E-state index contributed by atoms with van der Waals surface area (Å²) in [6, 6.07) is 6.07. The second-order valence-corrected chi connectivity index (χ2v) is 4.70. The fourth-order valence-corrected chi connectivity index (χ4v) is 2.02. The van der Waals surface area contributed by atoms with E-state index >= 15 is 0 Å². The topological polar surface area (TPSA) is 60.0 Å². The maximum absolute atomic E-state index is 8.57. The molecular weight excluding hydrogens is 258 g/mol. The van der Waals surface area contributed by atoms with Gasteiger partial charge in [-0.05, 0) is 30.7 Å². The summed E-state index contributed by atoms with van der Waals surface area (Å²) in [4.78, 5) is 0. The van der Waals surface area contributed by atoms with Crippen molar-refractivity contribution in [1.29, 1.82) is 0 Å². The smallest absolute Gasteiger partial charge is 0.161 e. The minimum Gasteiger partial charge on any atom is -0.490 e. The zero-order valence-corrected chi connectivity index (χ0v) is 11.8. The highest BCUT2D eigenvalue weighted by Gasteiger charge is 2.10. The van der Waals surface area contributed by atoms with Gasteiger partial charge in [0.25, 0.3) is 0 Å². The molecule has 1 aromatic carbocycles. The Morgan fingerprint density at radius 3 is 2.85 bits per heavy atom. The average Bonchev–Trinajstić information content (AvgIpc) is 2.71. The van der Waals surface area contributed by atoms with Crippen LogP contribution in [0.25, 0.3) is 0 Å². The van der Waals surface area contributed by atoms with Gasteiger partial charge in [0.1, 0.15) is 0 Å². The molecule has 0 aliphatic carbocycles. The molecule has 0 spiro atoms. The van der Waals surface area contributed by atoms with Crippen LogP contribution in [-0.2, 0) is 11.3 Å². The van der Waals surface area contributed by atoms with Crippen molar-refractivity contribution in [2.75, 3.05) is 39.6 Å². The van der Waals surface area contributed by atoms with E-state index in [2.05, 4.69) is 11.4 Å². The molecule has 20 heavy (non-hydrogen) atoms. The van der Waals surface area contributed by atoms with E-state index in [0.717, 1.165) is 44.0 Å². The Hall–Kier alpha value is -1.30. The minimum absolute atomic E-state index is 0.0879. The summed E-state index contributed by atoms with van der Waals surface area (Å²) in [6.45, 7) is 4.31. The SMILES string of the molecule is OCCOCCCNCc1ccc2c(c1)OCCCO2. The van der Waals surface area contributed by atoms with Gasteiger partial charge in [-0.3, -0.25) is 0 Å². The molecule has 0 bridgehead atoms. The van der Waals surface area contributed by atoms with Crippen molar-refractivity contribution in [2.45, 2.75) is 19.4 Å². The van der Waals surface area contributed by atoms with Crippen molar-refractivity contribution in [1.82, 2.24) is 5.32 Å². The lowest BCUT2D eigenvalue weighted by atomic mass is 10.2. The zero-order chi connectivity index (χ0) is 14.0. The molecule has 0 saturated carbocycles. The fraction of sp³-hybridized carbons (Fsp3) is 0.600. The summed E-state index contributed by atoms with van der Waals surface area (Å²) in [7, 11) is 0. The van der Waals surface area contributed by atoms with Crippen LogP contribution >= 0.6 is 0 Å². The van der Waals surface area contributed by atoms with Crippen LogP contribution in [0.1, 0.15) is 18.4 Å². The predicted molar refractivity (Wildman–Crippen MR) is 76.3 cm³/mol. The highest BCUT2D eigenvalue weighted by atomic mass is 16.5.